The summed E-state index contributed by atoms with van der Waals surface area (Å²) in [6.45, 7) is 0. The summed E-state index contributed by atoms with van der Waals surface area (Å²) in [4.78, 5) is 0. The third-order valence-electron chi connectivity index (χ3n) is 0.210. The van der Waals surface area contributed by atoms with Crippen LogP contribution in [0.4, 0.5) is 23.3 Å². The Hall–Kier alpha value is -0.160. The maximum atomic E-state index is 11.0. The van der Waals surface area contributed by atoms with Crippen LogP contribution < -0.4 is 0 Å². The highest BCUT2D eigenvalue weighted by Gasteiger charge is 2.70. The van der Waals surface area contributed by atoms with Gasteiger partial charge in [-0.05, 0) is 0 Å². The quantitative estimate of drug-likeness (QED) is 0.536. The van der Waals surface area contributed by atoms with Gasteiger partial charge in [0.05, 0.1) is 0 Å². The number of rotatable bonds is 2. The van der Waals surface area contributed by atoms with Crippen molar-refractivity contribution in [3.63, 3.8) is 0 Å². The second-order valence-electron chi connectivity index (χ2n) is 1.36. The Morgan fingerprint density at radius 3 is 1.27 bits per heavy atom. The fourth-order valence-electron chi connectivity index (χ4n) is 0.154. The Morgan fingerprint density at radius 1 is 1.00 bits per heavy atom. The van der Waals surface area contributed by atoms with Crippen LogP contribution in [-0.2, 0) is 14.1 Å². The van der Waals surface area contributed by atoms with Crippen LogP contribution in [0.2, 0.25) is 0 Å². The van der Waals surface area contributed by atoms with E-state index >= 15 is 0 Å². The molecule has 0 unspecified atom stereocenters. The van der Waals surface area contributed by atoms with Crippen molar-refractivity contribution in [1.29, 1.82) is 0 Å². The average Bonchev–Trinajstić information content (AvgIpc) is 1.05. The van der Waals surface area contributed by atoms with E-state index < -0.39 is 21.0 Å². The molecule has 72 valence electrons. The lowest BCUT2D eigenvalue weighted by molar-refractivity contribution is 0.239. The van der Waals surface area contributed by atoms with E-state index in [1.165, 1.54) is 0 Å². The lowest BCUT2D eigenvalue weighted by Gasteiger charge is -2.35. The Balaban J connectivity index is 4.97. The summed E-state index contributed by atoms with van der Waals surface area (Å²) < 4.78 is 84.4. The predicted octanol–water partition coefficient (Wildman–Crippen LogP) is 2.43. The van der Waals surface area contributed by atoms with E-state index in [1.807, 2.05) is 0 Å². The van der Waals surface area contributed by atoms with Gasteiger partial charge in [0.25, 0.3) is 0 Å². The molecule has 0 atom stereocenters. The predicted molar refractivity (Wildman–Crippen MR) is 24.2 cm³/mol. The minimum atomic E-state index is -10.6. The lowest BCUT2D eigenvalue weighted by Crippen LogP contribution is -2.13. The number of hydrogen-bond acceptors (Lipinski definition) is 3. The van der Waals surface area contributed by atoms with E-state index in [1.54, 1.807) is 0 Å². The molecule has 0 aliphatic heterocycles. The monoisotopic (exact) mass is 226 g/mol. The van der Waals surface area contributed by atoms with Gasteiger partial charge in [-0.2, -0.15) is 8.42 Å². The number of halogens is 6. The van der Waals surface area contributed by atoms with E-state index in [9.17, 15) is 23.3 Å². The minimum absolute atomic E-state index is 1.09. The van der Waals surface area contributed by atoms with Crippen molar-refractivity contribution in [2.24, 2.45) is 0 Å². The first-order chi connectivity index (χ1) is 4.18. The van der Waals surface area contributed by atoms with E-state index in [0.29, 0.717) is 0 Å². The van der Waals surface area contributed by atoms with E-state index in [2.05, 4.69) is 0 Å². The summed E-state index contributed by atoms with van der Waals surface area (Å²) in [5.41, 5.74) is 0. The fourth-order valence-corrected chi connectivity index (χ4v) is 1.38. The van der Waals surface area contributed by atoms with Crippen molar-refractivity contribution in [1.82, 2.24) is 0 Å². The van der Waals surface area contributed by atoms with Gasteiger partial charge in [0, 0.05) is 0 Å². The van der Waals surface area contributed by atoms with Crippen molar-refractivity contribution in [3.05, 3.63) is 0 Å². The molecule has 3 nitrogen and oxygen atoms in total. The Morgan fingerprint density at radius 2 is 1.27 bits per heavy atom. The molecule has 0 aromatic rings. The van der Waals surface area contributed by atoms with E-state index in [-0.39, 0.29) is 0 Å². The summed E-state index contributed by atoms with van der Waals surface area (Å²) in [6, 6.07) is 0. The van der Waals surface area contributed by atoms with Crippen molar-refractivity contribution in [3.8, 4) is 0 Å². The first-order valence-electron chi connectivity index (χ1n) is 1.59. The zero-order valence-electron chi connectivity index (χ0n) is 4.31. The van der Waals surface area contributed by atoms with Crippen LogP contribution in [-0.4, -0.2) is 8.42 Å². The lowest BCUT2D eigenvalue weighted by atomic mass is 15.8. The Bertz CT molecular complexity index is 252. The molecule has 0 aliphatic carbocycles. The van der Waals surface area contributed by atoms with Crippen molar-refractivity contribution < 1.29 is 35.4 Å². The summed E-state index contributed by atoms with van der Waals surface area (Å²) in [5.74, 6) is 0. The Labute approximate surface area is 57.3 Å². The first kappa shape index (κ1) is 10.8. The summed E-state index contributed by atoms with van der Waals surface area (Å²) in [5, 5.41) is 0. The molecular weight excluding hydrogens is 226 g/mol. The second kappa shape index (κ2) is 1.61. The van der Waals surface area contributed by atoms with E-state index in [0.717, 1.165) is 3.63 Å². The van der Waals surface area contributed by atoms with Crippen LogP contribution in [0, 0.1) is 0 Å². The molecule has 0 radical (unpaired) electrons. The maximum absolute atomic E-state index is 11.0. The molecule has 0 rings (SSSR count). The van der Waals surface area contributed by atoms with Crippen LogP contribution in [0.15, 0.2) is 0 Å². The first-order valence-corrected chi connectivity index (χ1v) is 4.78. The minimum Gasteiger partial charge on any atom is -0.163 e. The highest BCUT2D eigenvalue weighted by molar-refractivity contribution is 8.44. The van der Waals surface area contributed by atoms with Gasteiger partial charge in [-0.1, -0.05) is 26.9 Å². The van der Waals surface area contributed by atoms with E-state index in [4.69, 9.17) is 8.42 Å². The molecule has 0 saturated heterocycles. The van der Waals surface area contributed by atoms with Gasteiger partial charge < -0.3 is 0 Å². The molecule has 0 bridgehead atoms. The Kier molecular flexibility index (Phi) is 1.59. The molecule has 0 saturated carbocycles. The van der Waals surface area contributed by atoms with Gasteiger partial charge in [-0.15, -0.1) is 0 Å². The SMILES string of the molecule is O=S(=O)(F)OS(F)(F)(F)(F)F. The van der Waals surface area contributed by atoms with Gasteiger partial charge >= 0.3 is 21.0 Å². The zero-order chi connectivity index (χ0) is 9.62. The highest BCUT2D eigenvalue weighted by atomic mass is 32.5. The van der Waals surface area contributed by atoms with Gasteiger partial charge in [-0.25, -0.2) is 0 Å². The molecule has 11 heteroatoms. The van der Waals surface area contributed by atoms with Crippen molar-refractivity contribution in [2.45, 2.75) is 0 Å². The summed E-state index contributed by atoms with van der Waals surface area (Å²) in [6.07, 6.45) is 0. The highest BCUT2D eigenvalue weighted by Crippen LogP contribution is 2.99. The molecule has 0 spiro atoms. The third-order valence-corrected chi connectivity index (χ3v) is 1.89. The van der Waals surface area contributed by atoms with Crippen LogP contribution in [0.1, 0.15) is 0 Å². The van der Waals surface area contributed by atoms with Crippen LogP contribution >= 0.6 is 10.5 Å². The van der Waals surface area contributed by atoms with Gasteiger partial charge in [0.1, 0.15) is 0 Å². The third kappa shape index (κ3) is 9.84. The number of hydrogen-bond donors (Lipinski definition) is 0. The van der Waals surface area contributed by atoms with Crippen LogP contribution in [0.25, 0.3) is 0 Å². The maximum Gasteiger partial charge on any atom is 0.454 e. The molecular formula is F6O3S2. The topological polar surface area (TPSA) is 43.4 Å². The molecule has 0 amide bonds. The molecule has 0 aromatic carbocycles. The van der Waals surface area contributed by atoms with Crippen LogP contribution in [0.5, 0.6) is 0 Å². The molecule has 0 fully saturated rings. The van der Waals surface area contributed by atoms with Gasteiger partial charge in [0.2, 0.25) is 0 Å². The normalized spacial score (nSPS) is 20.5. The largest absolute Gasteiger partial charge is 0.454 e. The summed E-state index contributed by atoms with van der Waals surface area (Å²) in [7, 11) is -17.4. The van der Waals surface area contributed by atoms with Gasteiger partial charge in [-0.3, -0.25) is 0 Å². The molecule has 0 heterocycles. The fraction of sp³-hybridized carbons (Fsp3) is 0. The summed E-state index contributed by atoms with van der Waals surface area (Å²) >= 11 is 0. The average molecular weight is 226 g/mol. The second-order valence-corrected chi connectivity index (χ2v) is 4.49. The van der Waals surface area contributed by atoms with Crippen LogP contribution in [0.3, 0.4) is 0 Å². The smallest absolute Gasteiger partial charge is 0.163 e. The van der Waals surface area contributed by atoms with Gasteiger partial charge in [0.15, 0.2) is 0 Å². The molecule has 0 aromatic heterocycles. The standard InChI is InChI=1S/F6O3S2/c1-10(7,8)9-11(2,3,4,5)6. The molecule has 11 heavy (non-hydrogen) atoms. The van der Waals surface area contributed by atoms with Crippen molar-refractivity contribution in [2.75, 3.05) is 0 Å². The zero-order valence-corrected chi connectivity index (χ0v) is 5.94. The molecule has 0 aliphatic rings. The van der Waals surface area contributed by atoms with Crippen molar-refractivity contribution >= 4 is 21.0 Å². The molecule has 0 N–H and O–H groups in total.